The zero-order valence-corrected chi connectivity index (χ0v) is 14.6. The van der Waals surface area contributed by atoms with Crippen LogP contribution < -0.4 is 10.1 Å². The molecule has 0 aliphatic carbocycles. The molecule has 0 spiro atoms. The molecule has 5 heteroatoms. The Morgan fingerprint density at radius 2 is 1.76 bits per heavy atom. The maximum absolute atomic E-state index is 12.7. The Labute approximate surface area is 147 Å². The van der Waals surface area contributed by atoms with Crippen LogP contribution in [-0.4, -0.2) is 28.8 Å². The van der Waals surface area contributed by atoms with Gasteiger partial charge < -0.3 is 10.1 Å². The molecule has 1 N–H and O–H groups in total. The minimum Gasteiger partial charge on any atom is -0.496 e. The number of hydrogen-bond acceptors (Lipinski definition) is 3. The summed E-state index contributed by atoms with van der Waals surface area (Å²) in [5.74, 6) is 0.525. The molecule has 1 amide bonds. The first-order chi connectivity index (χ1) is 12.1. The van der Waals surface area contributed by atoms with E-state index in [9.17, 15) is 4.79 Å². The van der Waals surface area contributed by atoms with Gasteiger partial charge in [0.15, 0.2) is 0 Å². The molecule has 3 rings (SSSR count). The molecule has 5 nitrogen and oxygen atoms in total. The number of carbonyl (C=O) groups is 1. The smallest absolute Gasteiger partial charge is 0.255 e. The first-order valence-electron chi connectivity index (χ1n) is 8.19. The number of para-hydroxylation sites is 2. The van der Waals surface area contributed by atoms with Crippen LogP contribution >= 0.6 is 0 Å². The van der Waals surface area contributed by atoms with Crippen molar-refractivity contribution in [2.45, 2.75) is 19.9 Å². The van der Waals surface area contributed by atoms with Gasteiger partial charge in [-0.3, -0.25) is 4.79 Å². The summed E-state index contributed by atoms with van der Waals surface area (Å²) in [6.07, 6.45) is 1.76. The Kier molecular flexibility index (Phi) is 4.84. The first-order valence-corrected chi connectivity index (χ1v) is 8.19. The molecule has 128 valence electrons. The molecule has 2 aromatic carbocycles. The van der Waals surface area contributed by atoms with Crippen molar-refractivity contribution < 1.29 is 9.53 Å². The number of ether oxygens (including phenoxy) is 1. The van der Waals surface area contributed by atoms with Gasteiger partial charge in [-0.2, -0.15) is 5.10 Å². The third kappa shape index (κ3) is 3.55. The quantitative estimate of drug-likeness (QED) is 0.774. The molecule has 0 fully saturated rings. The van der Waals surface area contributed by atoms with Crippen molar-refractivity contribution in [3.05, 3.63) is 66.4 Å². The van der Waals surface area contributed by atoms with Crippen molar-refractivity contribution in [2.24, 2.45) is 0 Å². The second-order valence-electron chi connectivity index (χ2n) is 6.00. The van der Waals surface area contributed by atoms with Crippen molar-refractivity contribution in [1.82, 2.24) is 15.1 Å². The average molecular weight is 335 g/mol. The van der Waals surface area contributed by atoms with E-state index in [4.69, 9.17) is 4.74 Å². The number of nitrogens with zero attached hydrogens (tertiary/aromatic N) is 2. The Balaban J connectivity index is 2.15. The highest BCUT2D eigenvalue weighted by Crippen LogP contribution is 2.31. The highest BCUT2D eigenvalue weighted by Gasteiger charge is 2.21. The van der Waals surface area contributed by atoms with E-state index in [2.05, 4.69) is 10.4 Å². The summed E-state index contributed by atoms with van der Waals surface area (Å²) in [6.45, 7) is 3.87. The van der Waals surface area contributed by atoms with E-state index in [1.807, 2.05) is 68.4 Å². The predicted octanol–water partition coefficient (Wildman–Crippen LogP) is 3.69. The van der Waals surface area contributed by atoms with Gasteiger partial charge in [-0.1, -0.05) is 30.3 Å². The van der Waals surface area contributed by atoms with E-state index < -0.39 is 0 Å². The minimum absolute atomic E-state index is 0.0399. The normalized spacial score (nSPS) is 10.7. The number of rotatable bonds is 5. The number of nitrogens with one attached hydrogen (secondary N) is 1. The lowest BCUT2D eigenvalue weighted by Crippen LogP contribution is -2.30. The molecule has 0 saturated heterocycles. The number of benzene rings is 2. The van der Waals surface area contributed by atoms with Gasteiger partial charge in [0.25, 0.3) is 5.91 Å². The lowest BCUT2D eigenvalue weighted by molar-refractivity contribution is 0.0944. The van der Waals surface area contributed by atoms with Crippen LogP contribution in [-0.2, 0) is 0 Å². The largest absolute Gasteiger partial charge is 0.496 e. The third-order valence-electron chi connectivity index (χ3n) is 3.76. The SMILES string of the molecule is COc1ccccc1-c1nn(-c2ccccc2)cc1C(=O)NC(C)C. The van der Waals surface area contributed by atoms with Crippen LogP contribution in [0.2, 0.25) is 0 Å². The number of aromatic nitrogens is 2. The molecular weight excluding hydrogens is 314 g/mol. The molecule has 1 heterocycles. The third-order valence-corrected chi connectivity index (χ3v) is 3.76. The van der Waals surface area contributed by atoms with Crippen molar-refractivity contribution in [3.8, 4) is 22.7 Å². The van der Waals surface area contributed by atoms with Crippen LogP contribution in [0.1, 0.15) is 24.2 Å². The monoisotopic (exact) mass is 335 g/mol. The van der Waals surface area contributed by atoms with Crippen LogP contribution in [0.5, 0.6) is 5.75 Å². The van der Waals surface area contributed by atoms with E-state index >= 15 is 0 Å². The van der Waals surface area contributed by atoms with E-state index in [1.165, 1.54) is 0 Å². The fourth-order valence-electron chi connectivity index (χ4n) is 2.63. The lowest BCUT2D eigenvalue weighted by atomic mass is 10.1. The van der Waals surface area contributed by atoms with Gasteiger partial charge in [0.1, 0.15) is 11.4 Å². The fraction of sp³-hybridized carbons (Fsp3) is 0.200. The predicted molar refractivity (Wildman–Crippen MR) is 98.2 cm³/mol. The second kappa shape index (κ2) is 7.21. The lowest BCUT2D eigenvalue weighted by Gasteiger charge is -2.10. The van der Waals surface area contributed by atoms with Crippen molar-refractivity contribution >= 4 is 5.91 Å². The highest BCUT2D eigenvalue weighted by molar-refractivity contribution is 6.00. The Morgan fingerprint density at radius 3 is 2.44 bits per heavy atom. The van der Waals surface area contributed by atoms with Crippen LogP contribution in [0.4, 0.5) is 0 Å². The summed E-state index contributed by atoms with van der Waals surface area (Å²) >= 11 is 0. The van der Waals surface area contributed by atoms with Gasteiger partial charge in [0, 0.05) is 17.8 Å². The Bertz CT molecular complexity index is 870. The zero-order valence-electron chi connectivity index (χ0n) is 14.6. The van der Waals surface area contributed by atoms with Gasteiger partial charge >= 0.3 is 0 Å². The van der Waals surface area contributed by atoms with E-state index in [-0.39, 0.29) is 11.9 Å². The maximum atomic E-state index is 12.7. The van der Waals surface area contributed by atoms with Crippen molar-refractivity contribution in [2.75, 3.05) is 7.11 Å². The van der Waals surface area contributed by atoms with Crippen LogP contribution in [0.15, 0.2) is 60.8 Å². The van der Waals surface area contributed by atoms with E-state index in [0.29, 0.717) is 17.0 Å². The number of hydrogen-bond donors (Lipinski definition) is 1. The molecule has 0 aliphatic rings. The van der Waals surface area contributed by atoms with E-state index in [0.717, 1.165) is 11.3 Å². The molecule has 25 heavy (non-hydrogen) atoms. The molecular formula is C20H21N3O2. The summed E-state index contributed by atoms with van der Waals surface area (Å²) in [4.78, 5) is 12.7. The Morgan fingerprint density at radius 1 is 1.08 bits per heavy atom. The number of methoxy groups -OCH3 is 1. The van der Waals surface area contributed by atoms with Gasteiger partial charge in [-0.05, 0) is 38.1 Å². The van der Waals surface area contributed by atoms with Crippen molar-refractivity contribution in [3.63, 3.8) is 0 Å². The molecule has 1 aromatic heterocycles. The molecule has 3 aromatic rings. The standard InChI is InChI=1S/C20H21N3O2/c1-14(2)21-20(24)17-13-23(15-9-5-4-6-10-15)22-19(17)16-11-7-8-12-18(16)25-3/h4-14H,1-3H3,(H,21,24). The maximum Gasteiger partial charge on any atom is 0.255 e. The molecule has 0 radical (unpaired) electrons. The number of amides is 1. The van der Waals surface area contributed by atoms with Crippen LogP contribution in [0.25, 0.3) is 16.9 Å². The molecule has 0 bridgehead atoms. The first kappa shape index (κ1) is 16.8. The molecule has 0 aliphatic heterocycles. The molecule has 0 saturated carbocycles. The topological polar surface area (TPSA) is 56.2 Å². The average Bonchev–Trinajstić information content (AvgIpc) is 3.07. The zero-order chi connectivity index (χ0) is 17.8. The highest BCUT2D eigenvalue weighted by atomic mass is 16.5. The summed E-state index contributed by atoms with van der Waals surface area (Å²) < 4.78 is 7.17. The fourth-order valence-corrected chi connectivity index (χ4v) is 2.63. The van der Waals surface area contributed by atoms with Gasteiger partial charge in [-0.25, -0.2) is 4.68 Å². The second-order valence-corrected chi connectivity index (χ2v) is 6.00. The summed E-state index contributed by atoms with van der Waals surface area (Å²) in [6, 6.07) is 17.3. The minimum atomic E-state index is -0.155. The van der Waals surface area contributed by atoms with Crippen LogP contribution in [0, 0.1) is 0 Å². The molecule has 0 atom stereocenters. The van der Waals surface area contributed by atoms with Crippen LogP contribution in [0.3, 0.4) is 0 Å². The van der Waals surface area contributed by atoms with Gasteiger partial charge in [0.2, 0.25) is 0 Å². The summed E-state index contributed by atoms with van der Waals surface area (Å²) in [5.41, 5.74) is 2.79. The molecule has 0 unspecified atom stereocenters. The summed E-state index contributed by atoms with van der Waals surface area (Å²) in [5, 5.41) is 7.60. The summed E-state index contributed by atoms with van der Waals surface area (Å²) in [7, 11) is 1.61. The van der Waals surface area contributed by atoms with Crippen molar-refractivity contribution in [1.29, 1.82) is 0 Å². The number of carbonyl (C=O) groups excluding carboxylic acids is 1. The van der Waals surface area contributed by atoms with Gasteiger partial charge in [-0.15, -0.1) is 0 Å². The Hall–Kier alpha value is -3.08. The van der Waals surface area contributed by atoms with Gasteiger partial charge in [0.05, 0.1) is 18.4 Å². The van der Waals surface area contributed by atoms with E-state index in [1.54, 1.807) is 18.0 Å².